The Hall–Kier alpha value is 0.320. The summed E-state index contributed by atoms with van der Waals surface area (Å²) in [5, 5.41) is 5.17. The molecule has 4 N–H and O–H groups in total. The van der Waals surface area contributed by atoms with Gasteiger partial charge in [-0.1, -0.05) is 11.9 Å². The summed E-state index contributed by atoms with van der Waals surface area (Å²) < 4.78 is 4.94. The van der Waals surface area contributed by atoms with Crippen molar-refractivity contribution in [3.8, 4) is 0 Å². The first-order chi connectivity index (χ1) is 6.31. The second-order valence-electron chi connectivity index (χ2n) is 2.69. The molecule has 7 heteroatoms. The van der Waals surface area contributed by atoms with Crippen LogP contribution in [0.2, 0.25) is 0 Å². The quantitative estimate of drug-likeness (QED) is 0.400. The van der Waals surface area contributed by atoms with E-state index in [1.54, 1.807) is 0 Å². The summed E-state index contributed by atoms with van der Waals surface area (Å²) in [4.78, 5) is 10.9. The molecule has 0 spiro atoms. The minimum Gasteiger partial charge on any atom is -0.466 e. The molecule has 0 saturated heterocycles. The predicted molar refractivity (Wildman–Crippen MR) is 69.6 cm³/mol. The number of unbranched alkanes of at least 4 members (excludes halogenated alkanes) is 2. The second kappa shape index (κ2) is 16.7. The number of rotatable bonds is 8. The second-order valence-corrected chi connectivity index (χ2v) is 3.43. The van der Waals surface area contributed by atoms with Gasteiger partial charge in [-0.3, -0.25) is 9.93 Å². The molecule has 0 atom stereocenters. The van der Waals surface area contributed by atoms with Crippen molar-refractivity contribution in [1.82, 2.24) is 0 Å². The van der Waals surface area contributed by atoms with Gasteiger partial charge in [0.05, 0.1) is 13.0 Å². The monoisotopic (exact) mass is 278 g/mol. The Balaban J connectivity index is -0.000000720. The van der Waals surface area contributed by atoms with E-state index < -0.39 is 0 Å². The number of hydrogen-bond acceptors (Lipinski definition) is 5. The molecule has 0 saturated carbocycles. The van der Waals surface area contributed by atoms with Gasteiger partial charge in [0, 0.05) is 5.75 Å². The average Bonchev–Trinajstić information content (AvgIpc) is 2.14. The number of ether oxygens (including phenoxy) is 1. The van der Waals surface area contributed by atoms with Gasteiger partial charge in [0.1, 0.15) is 0 Å². The number of nitrogens with two attached hydrogens (primary N) is 2. The van der Waals surface area contributed by atoms with Crippen molar-refractivity contribution in [2.45, 2.75) is 25.7 Å². The van der Waals surface area contributed by atoms with Crippen molar-refractivity contribution in [1.29, 1.82) is 0 Å². The molecule has 0 aliphatic rings. The Kier molecular flexibility index (Phi) is 23.1. The largest absolute Gasteiger partial charge is 0.466 e. The van der Waals surface area contributed by atoms with E-state index >= 15 is 0 Å². The van der Waals surface area contributed by atoms with Gasteiger partial charge in [-0.25, -0.2) is 0 Å². The Morgan fingerprint density at radius 1 is 1.20 bits per heavy atom. The number of carbonyl (C=O) groups excluding carboxylic acids is 1. The summed E-state index contributed by atoms with van der Waals surface area (Å²) in [5.74, 6) is 0.465. The zero-order chi connectivity index (χ0) is 9.94. The molecule has 4 nitrogen and oxygen atoms in total. The van der Waals surface area contributed by atoms with Crippen LogP contribution in [0.5, 0.6) is 0 Å². The highest BCUT2D eigenvalue weighted by Crippen LogP contribution is 1.97. The maximum atomic E-state index is 10.9. The number of hydrogen-bond donors (Lipinski definition) is 2. The lowest BCUT2D eigenvalue weighted by atomic mass is 10.2. The molecule has 15 heavy (non-hydrogen) atoms. The molecule has 0 heterocycles. The van der Waals surface area contributed by atoms with Crippen LogP contribution in [0, 0.1) is 0 Å². The van der Waals surface area contributed by atoms with Crippen molar-refractivity contribution < 1.29 is 9.53 Å². The standard InChI is InChI=1S/C8H18N2O2S.2ClH/c9-5-2-1-3-6-12-8(11)4-7-13-10;;/h1-7,9-10H2;2*1H. The van der Waals surface area contributed by atoms with Crippen LogP contribution in [0.15, 0.2) is 0 Å². The zero-order valence-electron chi connectivity index (χ0n) is 8.65. The first kappa shape index (κ1) is 20.7. The molecule has 0 aliphatic heterocycles. The van der Waals surface area contributed by atoms with Crippen molar-refractivity contribution in [3.05, 3.63) is 0 Å². The molecule has 0 aromatic carbocycles. The van der Waals surface area contributed by atoms with Crippen LogP contribution >= 0.6 is 36.8 Å². The van der Waals surface area contributed by atoms with Crippen LogP contribution in [0.25, 0.3) is 0 Å². The summed E-state index contributed by atoms with van der Waals surface area (Å²) in [6.07, 6.45) is 3.32. The molecule has 0 radical (unpaired) electrons. The highest BCUT2D eigenvalue weighted by molar-refractivity contribution is 7.97. The summed E-state index contributed by atoms with van der Waals surface area (Å²) in [6, 6.07) is 0. The molecular formula is C8H20Cl2N2O2S. The Morgan fingerprint density at radius 3 is 2.40 bits per heavy atom. The Bertz CT molecular complexity index is 142. The average molecular weight is 279 g/mol. The van der Waals surface area contributed by atoms with Gasteiger partial charge in [-0.2, -0.15) is 0 Å². The third-order valence-corrected chi connectivity index (χ3v) is 1.98. The van der Waals surface area contributed by atoms with Gasteiger partial charge in [0.25, 0.3) is 0 Å². The lowest BCUT2D eigenvalue weighted by molar-refractivity contribution is -0.143. The Labute approximate surface area is 108 Å². The van der Waals surface area contributed by atoms with Crippen molar-refractivity contribution in [2.75, 3.05) is 18.9 Å². The normalized spacial score (nSPS) is 8.67. The maximum absolute atomic E-state index is 10.9. The number of halogens is 2. The third kappa shape index (κ3) is 17.0. The van der Waals surface area contributed by atoms with Crippen LogP contribution in [0.1, 0.15) is 25.7 Å². The summed E-state index contributed by atoms with van der Waals surface area (Å²) in [5.41, 5.74) is 5.31. The molecule has 0 aromatic rings. The minimum atomic E-state index is -0.161. The molecule has 0 unspecified atom stereocenters. The molecule has 0 bridgehead atoms. The van der Waals surface area contributed by atoms with Crippen molar-refractivity contribution >= 4 is 42.7 Å². The highest BCUT2D eigenvalue weighted by Gasteiger charge is 2.00. The molecule has 0 fully saturated rings. The molecule has 0 aliphatic carbocycles. The Morgan fingerprint density at radius 2 is 1.87 bits per heavy atom. The highest BCUT2D eigenvalue weighted by atomic mass is 35.5. The molecule has 0 aromatic heterocycles. The third-order valence-electron chi connectivity index (χ3n) is 1.54. The topological polar surface area (TPSA) is 78.3 Å². The zero-order valence-corrected chi connectivity index (χ0v) is 11.1. The van der Waals surface area contributed by atoms with E-state index in [0.717, 1.165) is 31.2 Å². The lowest BCUT2D eigenvalue weighted by Crippen LogP contribution is -2.08. The van der Waals surface area contributed by atoms with Gasteiger partial charge >= 0.3 is 5.97 Å². The van der Waals surface area contributed by atoms with Crippen LogP contribution in [0.4, 0.5) is 0 Å². The minimum absolute atomic E-state index is 0. The molecule has 0 rings (SSSR count). The van der Waals surface area contributed by atoms with E-state index in [1.807, 2.05) is 0 Å². The van der Waals surface area contributed by atoms with Gasteiger partial charge in [0.2, 0.25) is 0 Å². The van der Waals surface area contributed by atoms with E-state index in [4.69, 9.17) is 15.6 Å². The first-order valence-electron chi connectivity index (χ1n) is 4.48. The van der Waals surface area contributed by atoms with E-state index in [1.165, 1.54) is 0 Å². The summed E-state index contributed by atoms with van der Waals surface area (Å²) >= 11 is 1.16. The van der Waals surface area contributed by atoms with Crippen LogP contribution < -0.4 is 10.9 Å². The van der Waals surface area contributed by atoms with E-state index in [9.17, 15) is 4.79 Å². The maximum Gasteiger partial charge on any atom is 0.306 e. The SMILES string of the molecule is Cl.Cl.NCCCCCOC(=O)CCSN. The van der Waals surface area contributed by atoms with Gasteiger partial charge in [0.15, 0.2) is 0 Å². The number of carbonyl (C=O) groups is 1. The molecule has 94 valence electrons. The fourth-order valence-corrected chi connectivity index (χ4v) is 1.11. The van der Waals surface area contributed by atoms with Gasteiger partial charge < -0.3 is 10.5 Å². The number of esters is 1. The predicted octanol–water partition coefficient (Wildman–Crippen LogP) is 1.50. The van der Waals surface area contributed by atoms with E-state index in [0.29, 0.717) is 25.3 Å². The van der Waals surface area contributed by atoms with Crippen molar-refractivity contribution in [2.24, 2.45) is 10.9 Å². The van der Waals surface area contributed by atoms with E-state index in [2.05, 4.69) is 0 Å². The fraction of sp³-hybridized carbons (Fsp3) is 0.875. The summed E-state index contributed by atoms with van der Waals surface area (Å²) in [7, 11) is 0. The van der Waals surface area contributed by atoms with Gasteiger partial charge in [-0.05, 0) is 25.8 Å². The summed E-state index contributed by atoms with van der Waals surface area (Å²) in [6.45, 7) is 1.21. The molecular weight excluding hydrogens is 259 g/mol. The van der Waals surface area contributed by atoms with Gasteiger partial charge in [-0.15, -0.1) is 24.8 Å². The lowest BCUT2D eigenvalue weighted by Gasteiger charge is -2.03. The van der Waals surface area contributed by atoms with Crippen molar-refractivity contribution in [3.63, 3.8) is 0 Å². The van der Waals surface area contributed by atoms with Crippen LogP contribution in [0.3, 0.4) is 0 Å². The van der Waals surface area contributed by atoms with Crippen LogP contribution in [-0.2, 0) is 9.53 Å². The smallest absolute Gasteiger partial charge is 0.306 e. The van der Waals surface area contributed by atoms with E-state index in [-0.39, 0.29) is 30.8 Å². The first-order valence-corrected chi connectivity index (χ1v) is 5.53. The van der Waals surface area contributed by atoms with Crippen LogP contribution in [-0.4, -0.2) is 24.9 Å². The fourth-order valence-electron chi connectivity index (χ4n) is 0.824. The molecule has 0 amide bonds.